The molecule has 0 saturated carbocycles. The van der Waals surface area contributed by atoms with Crippen LogP contribution in [0.4, 0.5) is 36.6 Å². The zero-order valence-corrected chi connectivity index (χ0v) is 19.1. The maximum atomic E-state index is 13.6. The van der Waals surface area contributed by atoms with E-state index < -0.39 is 40.6 Å². The molecule has 1 aliphatic rings. The Hall–Kier alpha value is -4.09. The van der Waals surface area contributed by atoms with Gasteiger partial charge in [-0.3, -0.25) is 0 Å². The average molecular weight is 528 g/mol. The van der Waals surface area contributed by atoms with Gasteiger partial charge >= 0.3 is 12.4 Å². The van der Waals surface area contributed by atoms with Crippen LogP contribution < -0.4 is 11.1 Å². The van der Waals surface area contributed by atoms with Gasteiger partial charge in [-0.1, -0.05) is 19.1 Å². The Morgan fingerprint density at radius 1 is 1.11 bits per heavy atom. The summed E-state index contributed by atoms with van der Waals surface area (Å²) in [7, 11) is 0. The first-order valence-corrected chi connectivity index (χ1v) is 10.7. The Balaban J connectivity index is 1.71. The second kappa shape index (κ2) is 9.09. The molecule has 1 aliphatic heterocycles. The van der Waals surface area contributed by atoms with Crippen molar-refractivity contribution in [3.8, 4) is 6.19 Å². The molecule has 3 heterocycles. The molecule has 3 aromatic rings. The van der Waals surface area contributed by atoms with E-state index in [1.165, 1.54) is 24.3 Å². The number of nitrogens with zero attached hydrogens (tertiary/aromatic N) is 6. The fourth-order valence-electron chi connectivity index (χ4n) is 4.16. The molecule has 0 amide bonds. The second-order valence-corrected chi connectivity index (χ2v) is 8.77. The molecular formula is C22H19F7N8. The molecule has 37 heavy (non-hydrogen) atoms. The molecule has 1 unspecified atom stereocenters. The topological polar surface area (TPSA) is 108 Å². The third kappa shape index (κ3) is 5.09. The van der Waals surface area contributed by atoms with Gasteiger partial charge in [0.05, 0.1) is 0 Å². The lowest BCUT2D eigenvalue weighted by Gasteiger charge is -2.49. The normalized spacial score (nSPS) is 16.8. The van der Waals surface area contributed by atoms with Crippen molar-refractivity contribution in [3.05, 3.63) is 59.2 Å². The molecule has 1 aromatic carbocycles. The van der Waals surface area contributed by atoms with E-state index in [1.54, 1.807) is 18.0 Å². The SMILES string of the molecule is CC(CNc1cc(C(F)(F)F)nc2cc(C(F)(F)F)nn12)(c1ccc(F)cc1)C1CN(C(N)=NC#N)C1. The van der Waals surface area contributed by atoms with Crippen LogP contribution in [0.1, 0.15) is 23.9 Å². The smallest absolute Gasteiger partial charge is 0.369 e. The average Bonchev–Trinajstić information content (AvgIpc) is 3.21. The van der Waals surface area contributed by atoms with Crippen molar-refractivity contribution >= 4 is 17.4 Å². The van der Waals surface area contributed by atoms with Crippen molar-refractivity contribution in [1.82, 2.24) is 19.5 Å². The highest BCUT2D eigenvalue weighted by molar-refractivity contribution is 5.79. The van der Waals surface area contributed by atoms with Crippen LogP contribution in [0.15, 0.2) is 41.4 Å². The Morgan fingerprint density at radius 3 is 2.30 bits per heavy atom. The zero-order chi connectivity index (χ0) is 27.2. The van der Waals surface area contributed by atoms with Crippen molar-refractivity contribution in [2.24, 2.45) is 16.6 Å². The lowest BCUT2D eigenvalue weighted by molar-refractivity contribution is -0.142. The highest BCUT2D eigenvalue weighted by Gasteiger charge is 2.44. The summed E-state index contributed by atoms with van der Waals surface area (Å²) in [5.74, 6) is -1.06. The lowest BCUT2D eigenvalue weighted by atomic mass is 9.68. The van der Waals surface area contributed by atoms with E-state index >= 15 is 0 Å². The standard InChI is InChI=1S/C22H19F7N8/c1-20(12-2-4-14(23)5-3-12,13-8-36(9-13)19(31)33-11-30)10-32-17-6-15(21(24,25)26)34-18-7-16(22(27,28)29)35-37(17)18/h2-7,13,32H,8-10H2,1H3,(H2,31,33). The second-order valence-electron chi connectivity index (χ2n) is 8.77. The number of hydrogen-bond donors (Lipinski definition) is 2. The fourth-order valence-corrected chi connectivity index (χ4v) is 4.16. The third-order valence-electron chi connectivity index (χ3n) is 6.42. The van der Waals surface area contributed by atoms with E-state index in [-0.39, 0.29) is 24.2 Å². The molecule has 4 rings (SSSR count). The van der Waals surface area contributed by atoms with Crippen LogP contribution in [0.2, 0.25) is 0 Å². The van der Waals surface area contributed by atoms with Crippen molar-refractivity contribution < 1.29 is 30.7 Å². The van der Waals surface area contributed by atoms with Gasteiger partial charge in [-0.05, 0) is 17.7 Å². The number of alkyl halides is 6. The predicted molar refractivity (Wildman–Crippen MR) is 118 cm³/mol. The molecule has 196 valence electrons. The molecule has 3 N–H and O–H groups in total. The number of fused-ring (bicyclic) bond motifs is 1. The first-order chi connectivity index (χ1) is 17.2. The summed E-state index contributed by atoms with van der Waals surface area (Å²) >= 11 is 0. The number of hydrogen-bond acceptors (Lipinski definition) is 5. The number of nitrogens with one attached hydrogen (secondary N) is 1. The minimum absolute atomic E-state index is 0.00459. The largest absolute Gasteiger partial charge is 0.435 e. The number of anilines is 1. The Kier molecular flexibility index (Phi) is 6.39. The van der Waals surface area contributed by atoms with Gasteiger partial charge in [0.25, 0.3) is 0 Å². The monoisotopic (exact) mass is 528 g/mol. The summed E-state index contributed by atoms with van der Waals surface area (Å²) in [6.45, 7) is 2.36. The van der Waals surface area contributed by atoms with Gasteiger partial charge in [0, 0.05) is 43.1 Å². The van der Waals surface area contributed by atoms with E-state index in [0.717, 1.165) is 0 Å². The maximum Gasteiger partial charge on any atom is 0.435 e. The Morgan fingerprint density at radius 2 is 1.73 bits per heavy atom. The first-order valence-electron chi connectivity index (χ1n) is 10.7. The van der Waals surface area contributed by atoms with Gasteiger partial charge in [-0.15, -0.1) is 4.99 Å². The van der Waals surface area contributed by atoms with Crippen LogP contribution in [0.3, 0.4) is 0 Å². The van der Waals surface area contributed by atoms with E-state index in [0.29, 0.717) is 35.3 Å². The zero-order valence-electron chi connectivity index (χ0n) is 19.1. The van der Waals surface area contributed by atoms with Crippen LogP contribution in [-0.4, -0.2) is 45.1 Å². The predicted octanol–water partition coefficient (Wildman–Crippen LogP) is 4.00. The van der Waals surface area contributed by atoms with E-state index in [4.69, 9.17) is 11.0 Å². The van der Waals surface area contributed by atoms with E-state index in [9.17, 15) is 30.7 Å². The number of guanidine groups is 1. The van der Waals surface area contributed by atoms with Gasteiger partial charge in [-0.25, -0.2) is 9.37 Å². The maximum absolute atomic E-state index is 13.6. The Bertz CT molecular complexity index is 1370. The minimum Gasteiger partial charge on any atom is -0.369 e. The minimum atomic E-state index is -4.92. The van der Waals surface area contributed by atoms with Crippen molar-refractivity contribution in [3.63, 3.8) is 0 Å². The summed E-state index contributed by atoms with van der Waals surface area (Å²) < 4.78 is 94.3. The summed E-state index contributed by atoms with van der Waals surface area (Å²) in [5, 5.41) is 14.9. The highest BCUT2D eigenvalue weighted by atomic mass is 19.4. The summed E-state index contributed by atoms with van der Waals surface area (Å²) in [6, 6.07) is 6.50. The van der Waals surface area contributed by atoms with Crippen LogP contribution in [0, 0.1) is 23.2 Å². The van der Waals surface area contributed by atoms with Crippen molar-refractivity contribution in [2.45, 2.75) is 24.7 Å². The molecule has 8 nitrogen and oxygen atoms in total. The molecule has 1 atom stereocenters. The molecule has 1 saturated heterocycles. The number of rotatable bonds is 5. The quantitative estimate of drug-likeness (QED) is 0.224. The first kappa shape index (κ1) is 26.0. The number of aromatic nitrogens is 3. The fraction of sp³-hybridized carbons (Fsp3) is 0.364. The molecule has 0 bridgehead atoms. The molecule has 2 aromatic heterocycles. The number of benzene rings is 1. The Labute approximate surface area is 205 Å². The summed E-state index contributed by atoms with van der Waals surface area (Å²) in [4.78, 5) is 8.39. The molecular weight excluding hydrogens is 509 g/mol. The molecule has 0 aliphatic carbocycles. The van der Waals surface area contributed by atoms with Crippen LogP contribution >= 0.6 is 0 Å². The molecule has 1 fully saturated rings. The summed E-state index contributed by atoms with van der Waals surface area (Å²) in [5.41, 5.74) is 2.09. The number of halogens is 7. The molecule has 0 spiro atoms. The molecule has 0 radical (unpaired) electrons. The van der Waals surface area contributed by atoms with Crippen molar-refractivity contribution in [2.75, 3.05) is 25.0 Å². The number of likely N-dealkylation sites (tertiary alicyclic amines) is 1. The van der Waals surface area contributed by atoms with Gasteiger partial charge in [-0.2, -0.15) is 41.2 Å². The number of nitrogens with two attached hydrogens (primary N) is 1. The van der Waals surface area contributed by atoms with Crippen LogP contribution in [-0.2, 0) is 17.8 Å². The van der Waals surface area contributed by atoms with E-state index in [2.05, 4.69) is 20.4 Å². The summed E-state index contributed by atoms with van der Waals surface area (Å²) in [6.07, 6.45) is -8.24. The van der Waals surface area contributed by atoms with Gasteiger partial charge in [0.1, 0.15) is 11.6 Å². The molecule has 15 heteroatoms. The lowest BCUT2D eigenvalue weighted by Crippen LogP contribution is -2.60. The number of nitriles is 1. The van der Waals surface area contributed by atoms with Gasteiger partial charge in [0.2, 0.25) is 12.2 Å². The van der Waals surface area contributed by atoms with Crippen molar-refractivity contribution in [1.29, 1.82) is 5.26 Å². The van der Waals surface area contributed by atoms with Crippen LogP contribution in [0.5, 0.6) is 0 Å². The third-order valence-corrected chi connectivity index (χ3v) is 6.42. The van der Waals surface area contributed by atoms with Gasteiger partial charge in [0.15, 0.2) is 17.0 Å². The van der Waals surface area contributed by atoms with Crippen LogP contribution in [0.25, 0.3) is 5.65 Å². The highest BCUT2D eigenvalue weighted by Crippen LogP contribution is 2.39. The van der Waals surface area contributed by atoms with E-state index in [1.807, 2.05) is 0 Å². The van der Waals surface area contributed by atoms with Gasteiger partial charge < -0.3 is 16.0 Å². The number of aliphatic imine (C=N–C) groups is 1.